The lowest BCUT2D eigenvalue weighted by atomic mass is 9.86. The molecule has 82 valence electrons. The van der Waals surface area contributed by atoms with E-state index in [1.165, 1.54) is 11.1 Å². The van der Waals surface area contributed by atoms with Gasteiger partial charge in [-0.25, -0.2) is 0 Å². The molecule has 0 fully saturated rings. The molecule has 0 amide bonds. The molecular weight excluding hydrogens is 208 g/mol. The number of rotatable bonds is 1. The zero-order valence-electron chi connectivity index (χ0n) is 9.39. The highest BCUT2D eigenvalue weighted by molar-refractivity contribution is 6.06. The molecule has 0 heterocycles. The van der Waals surface area contributed by atoms with Crippen LogP contribution in [-0.4, -0.2) is 5.78 Å². The van der Waals surface area contributed by atoms with E-state index in [0.717, 1.165) is 11.1 Å². The van der Waals surface area contributed by atoms with Crippen LogP contribution in [0.1, 0.15) is 27.9 Å². The van der Waals surface area contributed by atoms with Crippen molar-refractivity contribution in [3.8, 4) is 0 Å². The van der Waals surface area contributed by atoms with E-state index in [4.69, 9.17) is 0 Å². The van der Waals surface area contributed by atoms with Gasteiger partial charge in [0, 0.05) is 12.0 Å². The van der Waals surface area contributed by atoms with E-state index in [1.807, 2.05) is 48.5 Å². The summed E-state index contributed by atoms with van der Waals surface area (Å²) in [5.41, 5.74) is 4.23. The number of Topliss-reactive ketones (excluding diaryl/α,β-unsaturated/α-hetero) is 1. The molecule has 0 atom stereocenters. The Morgan fingerprint density at radius 2 is 1.41 bits per heavy atom. The van der Waals surface area contributed by atoms with Crippen molar-refractivity contribution < 1.29 is 4.79 Å². The van der Waals surface area contributed by atoms with Crippen LogP contribution in [0.4, 0.5) is 0 Å². The summed E-state index contributed by atoms with van der Waals surface area (Å²) in [5.74, 6) is 0.209. The molecule has 0 aliphatic heterocycles. The van der Waals surface area contributed by atoms with Crippen LogP contribution in [0.15, 0.2) is 60.7 Å². The standard InChI is InChI=1S/C16H12O/c17-16-11-10-13(12-6-2-1-3-7-12)14-8-4-5-9-15(14)16/h1-10H,11H2. The molecule has 2 aromatic rings. The van der Waals surface area contributed by atoms with Crippen LogP contribution in [0.2, 0.25) is 0 Å². The smallest absolute Gasteiger partial charge is 0.167 e. The molecule has 0 unspecified atom stereocenters. The molecule has 0 aromatic heterocycles. The number of benzene rings is 2. The second-order valence-electron chi connectivity index (χ2n) is 4.16. The van der Waals surface area contributed by atoms with Crippen molar-refractivity contribution in [2.24, 2.45) is 0 Å². The van der Waals surface area contributed by atoms with Gasteiger partial charge in [-0.2, -0.15) is 0 Å². The minimum atomic E-state index is 0.209. The van der Waals surface area contributed by atoms with Crippen LogP contribution in [-0.2, 0) is 0 Å². The molecule has 3 rings (SSSR count). The molecule has 1 heteroatoms. The van der Waals surface area contributed by atoms with Gasteiger partial charge < -0.3 is 0 Å². The number of hydrogen-bond acceptors (Lipinski definition) is 1. The number of allylic oxidation sites excluding steroid dienone is 1. The number of hydrogen-bond donors (Lipinski definition) is 0. The Hall–Kier alpha value is -2.15. The fraction of sp³-hybridized carbons (Fsp3) is 0.0625. The topological polar surface area (TPSA) is 17.1 Å². The zero-order chi connectivity index (χ0) is 11.7. The molecule has 0 spiro atoms. The van der Waals surface area contributed by atoms with Gasteiger partial charge in [-0.05, 0) is 16.7 Å². The lowest BCUT2D eigenvalue weighted by molar-refractivity contribution is 0.0994. The van der Waals surface area contributed by atoms with E-state index in [0.29, 0.717) is 6.42 Å². The van der Waals surface area contributed by atoms with Crippen LogP contribution in [0, 0.1) is 0 Å². The van der Waals surface area contributed by atoms with Gasteiger partial charge in [0.2, 0.25) is 0 Å². The van der Waals surface area contributed by atoms with Crippen molar-refractivity contribution in [3.63, 3.8) is 0 Å². The molecule has 1 aliphatic rings. The molecule has 2 aromatic carbocycles. The Labute approximate surface area is 100 Å². The molecular formula is C16H12O. The van der Waals surface area contributed by atoms with Crippen molar-refractivity contribution in [2.45, 2.75) is 6.42 Å². The maximum absolute atomic E-state index is 11.8. The van der Waals surface area contributed by atoms with Crippen molar-refractivity contribution in [2.75, 3.05) is 0 Å². The van der Waals surface area contributed by atoms with Crippen LogP contribution < -0.4 is 0 Å². The Bertz CT molecular complexity index is 594. The van der Waals surface area contributed by atoms with Crippen molar-refractivity contribution in [1.29, 1.82) is 0 Å². The largest absolute Gasteiger partial charge is 0.294 e. The van der Waals surface area contributed by atoms with E-state index in [-0.39, 0.29) is 5.78 Å². The first-order chi connectivity index (χ1) is 8.36. The van der Waals surface area contributed by atoms with Gasteiger partial charge in [0.25, 0.3) is 0 Å². The first-order valence-electron chi connectivity index (χ1n) is 5.74. The third-order valence-corrected chi connectivity index (χ3v) is 3.09. The van der Waals surface area contributed by atoms with Crippen LogP contribution in [0.5, 0.6) is 0 Å². The van der Waals surface area contributed by atoms with Crippen molar-refractivity contribution >= 4 is 11.4 Å². The highest BCUT2D eigenvalue weighted by Crippen LogP contribution is 2.31. The van der Waals surface area contributed by atoms with Gasteiger partial charge in [0.1, 0.15) is 0 Å². The van der Waals surface area contributed by atoms with E-state index in [2.05, 4.69) is 12.1 Å². The summed E-state index contributed by atoms with van der Waals surface area (Å²) in [5, 5.41) is 0. The van der Waals surface area contributed by atoms with Gasteiger partial charge in [-0.15, -0.1) is 0 Å². The SMILES string of the molecule is O=C1CC=C(c2ccccc2)c2ccccc21. The van der Waals surface area contributed by atoms with Gasteiger partial charge in [-0.1, -0.05) is 60.7 Å². The summed E-state index contributed by atoms with van der Waals surface area (Å²) in [7, 11) is 0. The lowest BCUT2D eigenvalue weighted by Gasteiger charge is -2.16. The van der Waals surface area contributed by atoms with E-state index in [1.54, 1.807) is 0 Å². The molecule has 1 nitrogen and oxygen atoms in total. The number of fused-ring (bicyclic) bond motifs is 1. The molecule has 0 radical (unpaired) electrons. The Kier molecular flexibility index (Phi) is 2.37. The predicted molar refractivity (Wildman–Crippen MR) is 68.9 cm³/mol. The summed E-state index contributed by atoms with van der Waals surface area (Å²) in [6, 6.07) is 18.0. The monoisotopic (exact) mass is 220 g/mol. The van der Waals surface area contributed by atoms with Gasteiger partial charge in [0.05, 0.1) is 0 Å². The normalized spacial score (nSPS) is 14.1. The van der Waals surface area contributed by atoms with Gasteiger partial charge in [0.15, 0.2) is 5.78 Å². The highest BCUT2D eigenvalue weighted by Gasteiger charge is 2.18. The van der Waals surface area contributed by atoms with Gasteiger partial charge in [-0.3, -0.25) is 4.79 Å². The zero-order valence-corrected chi connectivity index (χ0v) is 9.39. The van der Waals surface area contributed by atoms with Crippen LogP contribution in [0.3, 0.4) is 0 Å². The summed E-state index contributed by atoms with van der Waals surface area (Å²) < 4.78 is 0. The molecule has 0 N–H and O–H groups in total. The molecule has 0 saturated carbocycles. The summed E-state index contributed by atoms with van der Waals surface area (Å²) in [4.78, 5) is 11.8. The Morgan fingerprint density at radius 3 is 2.18 bits per heavy atom. The molecule has 1 aliphatic carbocycles. The highest BCUT2D eigenvalue weighted by atomic mass is 16.1. The fourth-order valence-corrected chi connectivity index (χ4v) is 2.27. The fourth-order valence-electron chi connectivity index (χ4n) is 2.27. The quantitative estimate of drug-likeness (QED) is 0.716. The minimum absolute atomic E-state index is 0.209. The third-order valence-electron chi connectivity index (χ3n) is 3.09. The first kappa shape index (κ1) is 10.0. The van der Waals surface area contributed by atoms with E-state index < -0.39 is 0 Å². The number of ketones is 1. The minimum Gasteiger partial charge on any atom is -0.294 e. The second-order valence-corrected chi connectivity index (χ2v) is 4.16. The average Bonchev–Trinajstić information content (AvgIpc) is 2.41. The first-order valence-corrected chi connectivity index (χ1v) is 5.74. The summed E-state index contributed by atoms with van der Waals surface area (Å²) >= 11 is 0. The van der Waals surface area contributed by atoms with Crippen LogP contribution >= 0.6 is 0 Å². The van der Waals surface area contributed by atoms with Crippen LogP contribution in [0.25, 0.3) is 5.57 Å². The van der Waals surface area contributed by atoms with E-state index in [9.17, 15) is 4.79 Å². The van der Waals surface area contributed by atoms with Crippen molar-refractivity contribution in [1.82, 2.24) is 0 Å². The summed E-state index contributed by atoms with van der Waals surface area (Å²) in [6.45, 7) is 0. The third kappa shape index (κ3) is 1.70. The van der Waals surface area contributed by atoms with Gasteiger partial charge >= 0.3 is 0 Å². The Balaban J connectivity index is 2.18. The Morgan fingerprint density at radius 1 is 0.765 bits per heavy atom. The maximum atomic E-state index is 11.8. The lowest BCUT2D eigenvalue weighted by Crippen LogP contribution is -2.08. The van der Waals surface area contributed by atoms with Crippen molar-refractivity contribution in [3.05, 3.63) is 77.4 Å². The van der Waals surface area contributed by atoms with E-state index >= 15 is 0 Å². The second kappa shape index (κ2) is 4.02. The molecule has 17 heavy (non-hydrogen) atoms. The average molecular weight is 220 g/mol. The maximum Gasteiger partial charge on any atom is 0.167 e. The molecule has 0 saturated heterocycles. The molecule has 0 bridgehead atoms. The number of carbonyl (C=O) groups is 1. The summed E-state index contributed by atoms with van der Waals surface area (Å²) in [6.07, 6.45) is 2.53. The number of carbonyl (C=O) groups excluding carboxylic acids is 1. The predicted octanol–water partition coefficient (Wildman–Crippen LogP) is 3.70.